The maximum absolute atomic E-state index is 13.9. The van der Waals surface area contributed by atoms with E-state index in [0.29, 0.717) is 22.0 Å². The van der Waals surface area contributed by atoms with Crippen molar-refractivity contribution < 1.29 is 9.18 Å². The molecular formula is C21H18FN3O2. The molecule has 0 spiro atoms. The zero-order valence-corrected chi connectivity index (χ0v) is 14.9. The molecule has 1 atom stereocenters. The molecule has 4 rings (SSSR count). The van der Waals surface area contributed by atoms with E-state index >= 15 is 0 Å². The highest BCUT2D eigenvalue weighted by Crippen LogP contribution is 2.27. The number of carbonyl (C=O) groups is 1. The third-order valence-corrected chi connectivity index (χ3v) is 5.03. The molecule has 2 aromatic heterocycles. The number of pyridine rings is 1. The highest BCUT2D eigenvalue weighted by Gasteiger charge is 2.23. The molecule has 0 aliphatic rings. The molecule has 2 aromatic carbocycles. The lowest BCUT2D eigenvalue weighted by molar-refractivity contribution is 0.0738. The van der Waals surface area contributed by atoms with Crippen LogP contribution in [-0.4, -0.2) is 27.8 Å². The number of amides is 1. The Morgan fingerprint density at radius 2 is 1.81 bits per heavy atom. The minimum absolute atomic E-state index is 0.165. The Bertz CT molecular complexity index is 1230. The molecule has 27 heavy (non-hydrogen) atoms. The quantitative estimate of drug-likeness (QED) is 0.578. The average molecular weight is 363 g/mol. The van der Waals surface area contributed by atoms with E-state index in [0.717, 1.165) is 10.9 Å². The van der Waals surface area contributed by atoms with E-state index in [9.17, 15) is 14.0 Å². The van der Waals surface area contributed by atoms with E-state index in [-0.39, 0.29) is 23.3 Å². The van der Waals surface area contributed by atoms with Gasteiger partial charge in [0.2, 0.25) is 0 Å². The van der Waals surface area contributed by atoms with Gasteiger partial charge in [0.15, 0.2) is 0 Å². The number of fused-ring (bicyclic) bond motifs is 2. The summed E-state index contributed by atoms with van der Waals surface area (Å²) in [7, 11) is 1.69. The maximum atomic E-state index is 13.9. The van der Waals surface area contributed by atoms with Gasteiger partial charge >= 0.3 is 0 Å². The van der Waals surface area contributed by atoms with Crippen molar-refractivity contribution in [1.29, 1.82) is 0 Å². The van der Waals surface area contributed by atoms with Crippen LogP contribution in [0.25, 0.3) is 21.7 Å². The van der Waals surface area contributed by atoms with E-state index in [2.05, 4.69) is 9.97 Å². The van der Waals surface area contributed by atoms with Crippen molar-refractivity contribution in [3.05, 3.63) is 82.2 Å². The number of carbonyl (C=O) groups excluding carboxylic acids is 1. The molecule has 0 unspecified atom stereocenters. The molecule has 136 valence electrons. The van der Waals surface area contributed by atoms with Crippen LogP contribution in [0.3, 0.4) is 0 Å². The van der Waals surface area contributed by atoms with Crippen molar-refractivity contribution in [1.82, 2.24) is 14.9 Å². The second-order valence-corrected chi connectivity index (χ2v) is 6.59. The number of rotatable bonds is 3. The first kappa shape index (κ1) is 17.0. The Labute approximate surface area is 154 Å². The van der Waals surface area contributed by atoms with E-state index in [1.54, 1.807) is 42.4 Å². The molecule has 0 fully saturated rings. The lowest BCUT2D eigenvalue weighted by atomic mass is 10.0. The zero-order valence-electron chi connectivity index (χ0n) is 14.9. The number of halogens is 1. The summed E-state index contributed by atoms with van der Waals surface area (Å²) in [4.78, 5) is 32.3. The smallest absolute Gasteiger partial charge is 0.270 e. The van der Waals surface area contributed by atoms with Gasteiger partial charge in [-0.25, -0.2) is 4.39 Å². The zero-order chi connectivity index (χ0) is 19.1. The van der Waals surface area contributed by atoms with Crippen molar-refractivity contribution in [3.63, 3.8) is 0 Å². The first-order valence-electron chi connectivity index (χ1n) is 8.62. The van der Waals surface area contributed by atoms with Gasteiger partial charge < -0.3 is 14.9 Å². The Kier molecular flexibility index (Phi) is 4.03. The van der Waals surface area contributed by atoms with Crippen molar-refractivity contribution in [2.24, 2.45) is 0 Å². The third kappa shape index (κ3) is 2.79. The lowest BCUT2D eigenvalue weighted by Crippen LogP contribution is -2.30. The first-order valence-corrected chi connectivity index (χ1v) is 8.62. The van der Waals surface area contributed by atoms with Crippen LogP contribution < -0.4 is 5.56 Å². The van der Waals surface area contributed by atoms with Gasteiger partial charge in [-0.1, -0.05) is 24.3 Å². The van der Waals surface area contributed by atoms with Crippen LogP contribution in [0.4, 0.5) is 4.39 Å². The monoisotopic (exact) mass is 363 g/mol. The largest absolute Gasteiger partial charge is 0.350 e. The summed E-state index contributed by atoms with van der Waals surface area (Å²) >= 11 is 0. The number of benzene rings is 2. The number of nitrogens with one attached hydrogen (secondary N) is 2. The highest BCUT2D eigenvalue weighted by atomic mass is 19.1. The number of hydrogen-bond acceptors (Lipinski definition) is 2. The lowest BCUT2D eigenvalue weighted by Gasteiger charge is -2.25. The molecular weight excluding hydrogens is 345 g/mol. The molecule has 1 amide bonds. The third-order valence-electron chi connectivity index (χ3n) is 5.03. The van der Waals surface area contributed by atoms with Gasteiger partial charge in [0, 0.05) is 29.5 Å². The molecule has 0 saturated carbocycles. The summed E-state index contributed by atoms with van der Waals surface area (Å²) in [5, 5.41) is 1.77. The van der Waals surface area contributed by atoms with E-state index in [1.165, 1.54) is 12.1 Å². The normalized spacial score (nSPS) is 12.4. The Balaban J connectivity index is 1.72. The van der Waals surface area contributed by atoms with E-state index < -0.39 is 0 Å². The van der Waals surface area contributed by atoms with Crippen LogP contribution in [-0.2, 0) is 0 Å². The minimum Gasteiger partial charge on any atom is -0.350 e. The molecule has 0 saturated heterocycles. The standard InChI is InChI=1S/C21H18FN3O2/c1-12(16-11-23-20(26)14-7-4-3-6-13(14)16)25(2)21(27)19-10-15-17(22)8-5-9-18(15)24-19/h3-12,24H,1-2H3,(H,23,26)/t12-/m0/s1. The number of nitrogens with zero attached hydrogens (tertiary/aromatic N) is 1. The summed E-state index contributed by atoms with van der Waals surface area (Å²) in [5.74, 6) is -0.626. The molecule has 0 aliphatic heterocycles. The van der Waals surface area contributed by atoms with Gasteiger partial charge in [-0.05, 0) is 42.1 Å². The van der Waals surface area contributed by atoms with Gasteiger partial charge in [0.05, 0.1) is 6.04 Å². The molecule has 6 heteroatoms. The summed E-state index contributed by atoms with van der Waals surface area (Å²) < 4.78 is 13.9. The minimum atomic E-state index is -0.370. The molecule has 2 heterocycles. The van der Waals surface area contributed by atoms with Crippen molar-refractivity contribution in [2.45, 2.75) is 13.0 Å². The predicted molar refractivity (Wildman–Crippen MR) is 103 cm³/mol. The molecule has 0 aliphatic carbocycles. The summed E-state index contributed by atoms with van der Waals surface area (Å²) in [6.45, 7) is 1.89. The van der Waals surface area contributed by atoms with Crippen molar-refractivity contribution in [3.8, 4) is 0 Å². The van der Waals surface area contributed by atoms with Gasteiger partial charge in [0.25, 0.3) is 11.5 Å². The number of aromatic nitrogens is 2. The topological polar surface area (TPSA) is 69.0 Å². The summed E-state index contributed by atoms with van der Waals surface area (Å²) in [6, 6.07) is 13.2. The number of H-pyrrole nitrogens is 2. The highest BCUT2D eigenvalue weighted by molar-refractivity contribution is 5.98. The Hall–Kier alpha value is -3.41. The molecule has 2 N–H and O–H groups in total. The number of aromatic amines is 2. The van der Waals surface area contributed by atoms with Crippen LogP contribution in [0.15, 0.2) is 59.5 Å². The summed E-state index contributed by atoms with van der Waals surface area (Å²) in [6.07, 6.45) is 1.64. The molecule has 4 aromatic rings. The van der Waals surface area contributed by atoms with Crippen LogP contribution in [0, 0.1) is 5.82 Å². The predicted octanol–water partition coefficient (Wildman–Crippen LogP) is 3.98. The van der Waals surface area contributed by atoms with Crippen LogP contribution >= 0.6 is 0 Å². The number of hydrogen-bond donors (Lipinski definition) is 2. The molecule has 5 nitrogen and oxygen atoms in total. The molecule has 0 radical (unpaired) electrons. The van der Waals surface area contributed by atoms with Crippen LogP contribution in [0.5, 0.6) is 0 Å². The summed E-state index contributed by atoms with van der Waals surface area (Å²) in [5.41, 5.74) is 1.57. The fourth-order valence-electron chi connectivity index (χ4n) is 3.39. The SMILES string of the molecule is C[C@@H](c1c[nH]c(=O)c2ccccc12)N(C)C(=O)c1cc2c(F)cccc2[nH]1. The first-order chi connectivity index (χ1) is 13.0. The van der Waals surface area contributed by atoms with Crippen LogP contribution in [0.1, 0.15) is 29.0 Å². The van der Waals surface area contributed by atoms with Crippen LogP contribution in [0.2, 0.25) is 0 Å². The maximum Gasteiger partial charge on any atom is 0.270 e. The Morgan fingerprint density at radius 3 is 2.56 bits per heavy atom. The van der Waals surface area contributed by atoms with Crippen molar-refractivity contribution >= 4 is 27.6 Å². The van der Waals surface area contributed by atoms with E-state index in [4.69, 9.17) is 0 Å². The second-order valence-electron chi connectivity index (χ2n) is 6.59. The fraction of sp³-hybridized carbons (Fsp3) is 0.143. The van der Waals surface area contributed by atoms with Gasteiger partial charge in [-0.3, -0.25) is 9.59 Å². The Morgan fingerprint density at radius 1 is 1.07 bits per heavy atom. The van der Waals surface area contributed by atoms with Gasteiger partial charge in [-0.15, -0.1) is 0 Å². The second kappa shape index (κ2) is 6.39. The van der Waals surface area contributed by atoms with Gasteiger partial charge in [0.1, 0.15) is 11.5 Å². The van der Waals surface area contributed by atoms with E-state index in [1.807, 2.05) is 19.1 Å². The fourth-order valence-corrected chi connectivity index (χ4v) is 3.39. The molecule has 0 bridgehead atoms. The van der Waals surface area contributed by atoms with Gasteiger partial charge in [-0.2, -0.15) is 0 Å². The average Bonchev–Trinajstić information content (AvgIpc) is 3.12. The van der Waals surface area contributed by atoms with Crippen molar-refractivity contribution in [2.75, 3.05) is 7.05 Å².